The van der Waals surface area contributed by atoms with Crippen molar-refractivity contribution in [3.8, 4) is 0 Å². The van der Waals surface area contributed by atoms with Crippen molar-refractivity contribution in [3.05, 3.63) is 12.2 Å². The van der Waals surface area contributed by atoms with Crippen molar-refractivity contribution in [1.29, 1.82) is 0 Å². The molecule has 1 amide bonds. The minimum absolute atomic E-state index is 0.108. The van der Waals surface area contributed by atoms with Gasteiger partial charge in [-0.2, -0.15) is 0 Å². The standard InChI is InChI=1S/C10H20N2O/c1-4-9(3)8-11-7-6-10(13)12-5-2/h11H,3-8H2,1-2H3,(H,12,13). The third kappa shape index (κ3) is 7.53. The second-order valence-electron chi connectivity index (χ2n) is 2.98. The van der Waals surface area contributed by atoms with Gasteiger partial charge in [0.25, 0.3) is 0 Å². The van der Waals surface area contributed by atoms with Crippen LogP contribution < -0.4 is 10.6 Å². The van der Waals surface area contributed by atoms with E-state index in [1.54, 1.807) is 0 Å². The van der Waals surface area contributed by atoms with Crippen LogP contribution in [0, 0.1) is 0 Å². The fraction of sp³-hybridized carbons (Fsp3) is 0.700. The minimum Gasteiger partial charge on any atom is -0.356 e. The number of amides is 1. The van der Waals surface area contributed by atoms with Crippen molar-refractivity contribution >= 4 is 5.91 Å². The molecule has 0 aliphatic carbocycles. The number of hydrogen-bond acceptors (Lipinski definition) is 2. The molecule has 0 bridgehead atoms. The second-order valence-corrected chi connectivity index (χ2v) is 2.98. The highest BCUT2D eigenvalue weighted by Gasteiger charge is 1.97. The Bertz CT molecular complexity index is 166. The van der Waals surface area contributed by atoms with Gasteiger partial charge in [-0.15, -0.1) is 0 Å². The van der Waals surface area contributed by atoms with E-state index < -0.39 is 0 Å². The van der Waals surface area contributed by atoms with Crippen LogP contribution in [-0.4, -0.2) is 25.5 Å². The van der Waals surface area contributed by atoms with Gasteiger partial charge in [0, 0.05) is 26.1 Å². The topological polar surface area (TPSA) is 41.1 Å². The van der Waals surface area contributed by atoms with Crippen LogP contribution in [0.15, 0.2) is 12.2 Å². The zero-order valence-electron chi connectivity index (χ0n) is 8.65. The quantitative estimate of drug-likeness (QED) is 0.459. The molecule has 13 heavy (non-hydrogen) atoms. The van der Waals surface area contributed by atoms with Gasteiger partial charge in [-0.3, -0.25) is 4.79 Å². The van der Waals surface area contributed by atoms with Crippen molar-refractivity contribution in [1.82, 2.24) is 10.6 Å². The van der Waals surface area contributed by atoms with E-state index >= 15 is 0 Å². The van der Waals surface area contributed by atoms with Crippen LogP contribution in [0.1, 0.15) is 26.7 Å². The molecular formula is C10H20N2O. The molecule has 3 nitrogen and oxygen atoms in total. The van der Waals surface area contributed by atoms with Crippen LogP contribution in [-0.2, 0) is 4.79 Å². The molecule has 2 N–H and O–H groups in total. The molecule has 0 rings (SSSR count). The van der Waals surface area contributed by atoms with Crippen LogP contribution in [0.3, 0.4) is 0 Å². The van der Waals surface area contributed by atoms with Gasteiger partial charge in [-0.05, 0) is 13.3 Å². The molecule has 0 aromatic carbocycles. The molecule has 0 radical (unpaired) electrons. The molecule has 76 valence electrons. The lowest BCUT2D eigenvalue weighted by Gasteiger charge is -2.05. The van der Waals surface area contributed by atoms with E-state index in [1.807, 2.05) is 6.92 Å². The average Bonchev–Trinajstić information content (AvgIpc) is 2.12. The lowest BCUT2D eigenvalue weighted by molar-refractivity contribution is -0.120. The first-order chi connectivity index (χ1) is 6.20. The molecule has 0 aromatic rings. The van der Waals surface area contributed by atoms with E-state index in [9.17, 15) is 4.79 Å². The summed E-state index contributed by atoms with van der Waals surface area (Å²) in [6, 6.07) is 0. The van der Waals surface area contributed by atoms with Crippen molar-refractivity contribution in [2.24, 2.45) is 0 Å². The molecule has 0 aliphatic rings. The van der Waals surface area contributed by atoms with E-state index in [4.69, 9.17) is 0 Å². The van der Waals surface area contributed by atoms with Crippen molar-refractivity contribution in [2.75, 3.05) is 19.6 Å². The Morgan fingerprint density at radius 3 is 2.62 bits per heavy atom. The molecule has 0 saturated carbocycles. The number of rotatable bonds is 7. The van der Waals surface area contributed by atoms with Gasteiger partial charge in [0.05, 0.1) is 0 Å². The molecule has 0 unspecified atom stereocenters. The maximum atomic E-state index is 11.0. The Balaban J connectivity index is 3.25. The molecular weight excluding hydrogens is 164 g/mol. The Morgan fingerprint density at radius 2 is 2.08 bits per heavy atom. The van der Waals surface area contributed by atoms with Gasteiger partial charge in [0.2, 0.25) is 5.91 Å². The number of hydrogen-bond donors (Lipinski definition) is 2. The maximum absolute atomic E-state index is 11.0. The Morgan fingerprint density at radius 1 is 1.38 bits per heavy atom. The van der Waals surface area contributed by atoms with Crippen molar-refractivity contribution in [3.63, 3.8) is 0 Å². The average molecular weight is 184 g/mol. The second kappa shape index (κ2) is 7.80. The van der Waals surface area contributed by atoms with Gasteiger partial charge in [0.15, 0.2) is 0 Å². The fourth-order valence-electron chi connectivity index (χ4n) is 0.878. The summed E-state index contributed by atoms with van der Waals surface area (Å²) in [5, 5.41) is 5.91. The van der Waals surface area contributed by atoms with E-state index in [0.717, 1.165) is 19.5 Å². The highest BCUT2D eigenvalue weighted by Crippen LogP contribution is 1.92. The van der Waals surface area contributed by atoms with E-state index in [-0.39, 0.29) is 5.91 Å². The first-order valence-corrected chi connectivity index (χ1v) is 4.84. The SMILES string of the molecule is C=C(CC)CNCCC(=O)NCC. The molecule has 0 saturated heterocycles. The summed E-state index contributed by atoms with van der Waals surface area (Å²) in [6.45, 7) is 10.1. The number of nitrogens with one attached hydrogen (secondary N) is 2. The summed E-state index contributed by atoms with van der Waals surface area (Å²) in [6.07, 6.45) is 1.54. The van der Waals surface area contributed by atoms with Crippen LogP contribution >= 0.6 is 0 Å². The first-order valence-electron chi connectivity index (χ1n) is 4.84. The summed E-state index contributed by atoms with van der Waals surface area (Å²) < 4.78 is 0. The Kier molecular flexibility index (Phi) is 7.30. The molecule has 0 atom stereocenters. The van der Waals surface area contributed by atoms with Gasteiger partial charge in [-0.1, -0.05) is 19.1 Å². The molecule has 0 heterocycles. The summed E-state index contributed by atoms with van der Waals surface area (Å²) >= 11 is 0. The van der Waals surface area contributed by atoms with E-state index in [0.29, 0.717) is 13.0 Å². The van der Waals surface area contributed by atoms with Crippen molar-refractivity contribution in [2.45, 2.75) is 26.7 Å². The summed E-state index contributed by atoms with van der Waals surface area (Å²) in [7, 11) is 0. The zero-order valence-corrected chi connectivity index (χ0v) is 8.65. The van der Waals surface area contributed by atoms with Crippen LogP contribution in [0.25, 0.3) is 0 Å². The molecule has 0 spiro atoms. The summed E-state index contributed by atoms with van der Waals surface area (Å²) in [4.78, 5) is 11.0. The molecule has 0 fully saturated rings. The number of carbonyl (C=O) groups is 1. The van der Waals surface area contributed by atoms with Crippen molar-refractivity contribution < 1.29 is 4.79 Å². The highest BCUT2D eigenvalue weighted by molar-refractivity contribution is 5.75. The van der Waals surface area contributed by atoms with Gasteiger partial charge in [-0.25, -0.2) is 0 Å². The fourth-order valence-corrected chi connectivity index (χ4v) is 0.878. The largest absolute Gasteiger partial charge is 0.356 e. The third-order valence-corrected chi connectivity index (χ3v) is 1.78. The van der Waals surface area contributed by atoms with Crippen LogP contribution in [0.2, 0.25) is 0 Å². The summed E-state index contributed by atoms with van der Waals surface area (Å²) in [5.41, 5.74) is 1.18. The third-order valence-electron chi connectivity index (χ3n) is 1.78. The predicted molar refractivity (Wildman–Crippen MR) is 55.6 cm³/mol. The van der Waals surface area contributed by atoms with Gasteiger partial charge >= 0.3 is 0 Å². The van der Waals surface area contributed by atoms with Gasteiger partial charge in [0.1, 0.15) is 0 Å². The molecule has 0 aromatic heterocycles. The monoisotopic (exact) mass is 184 g/mol. The minimum atomic E-state index is 0.108. The Labute approximate surface area is 80.6 Å². The first kappa shape index (κ1) is 12.2. The predicted octanol–water partition coefficient (Wildman–Crippen LogP) is 1.07. The molecule has 3 heteroatoms. The number of carbonyl (C=O) groups excluding carboxylic acids is 1. The maximum Gasteiger partial charge on any atom is 0.221 e. The Hall–Kier alpha value is -0.830. The lowest BCUT2D eigenvalue weighted by atomic mass is 10.2. The van der Waals surface area contributed by atoms with Crippen LogP contribution in [0.4, 0.5) is 0 Å². The van der Waals surface area contributed by atoms with Crippen LogP contribution in [0.5, 0.6) is 0 Å². The highest BCUT2D eigenvalue weighted by atomic mass is 16.1. The normalized spacial score (nSPS) is 9.69. The smallest absolute Gasteiger partial charge is 0.221 e. The van der Waals surface area contributed by atoms with E-state index in [1.165, 1.54) is 5.57 Å². The van der Waals surface area contributed by atoms with E-state index in [2.05, 4.69) is 24.1 Å². The van der Waals surface area contributed by atoms with Gasteiger partial charge < -0.3 is 10.6 Å². The zero-order chi connectivity index (χ0) is 10.1. The summed E-state index contributed by atoms with van der Waals surface area (Å²) in [5.74, 6) is 0.108. The lowest BCUT2D eigenvalue weighted by Crippen LogP contribution is -2.28. The molecule has 0 aliphatic heterocycles.